The highest BCUT2D eigenvalue weighted by atomic mass is 32.1. The van der Waals surface area contributed by atoms with Crippen molar-refractivity contribution in [2.45, 2.75) is 19.6 Å². The van der Waals surface area contributed by atoms with E-state index >= 15 is 0 Å². The predicted molar refractivity (Wildman–Crippen MR) is 75.3 cm³/mol. The van der Waals surface area contributed by atoms with Gasteiger partial charge in [0.15, 0.2) is 6.33 Å². The molecule has 16 heavy (non-hydrogen) atoms. The van der Waals surface area contributed by atoms with Gasteiger partial charge in [-0.2, -0.15) is 0 Å². The number of aromatic nitrogens is 2. The van der Waals surface area contributed by atoms with Crippen molar-refractivity contribution < 1.29 is 0 Å². The van der Waals surface area contributed by atoms with Crippen LogP contribution in [0.3, 0.4) is 0 Å². The predicted octanol–water partition coefficient (Wildman–Crippen LogP) is 3.10. The lowest BCUT2D eigenvalue weighted by molar-refractivity contribution is 1.04. The zero-order valence-corrected chi connectivity index (χ0v) is 11.5. The fourth-order valence-electron chi connectivity index (χ4n) is 1.24. The highest BCUT2D eigenvalue weighted by molar-refractivity contribution is 7.86. The lowest BCUT2D eigenvalue weighted by Gasteiger charge is -2.10. The third-order valence-electron chi connectivity index (χ3n) is 2.04. The molecule has 0 amide bonds. The van der Waals surface area contributed by atoms with Crippen molar-refractivity contribution in [1.29, 1.82) is 0 Å². The molecule has 0 bridgehead atoms. The SMILES string of the molecule is Sc1cc(-c2ccn[c]n2)c(S)c(S)c1S. The Bertz CT molecular complexity index is 528. The maximum atomic E-state index is 4.41. The van der Waals surface area contributed by atoms with Crippen LogP contribution in [0.4, 0.5) is 0 Å². The molecular weight excluding hydrogens is 276 g/mol. The van der Waals surface area contributed by atoms with Crippen molar-refractivity contribution >= 4 is 50.5 Å². The van der Waals surface area contributed by atoms with E-state index in [0.717, 1.165) is 21.0 Å². The molecule has 0 saturated heterocycles. The molecule has 2 nitrogen and oxygen atoms in total. The smallest absolute Gasteiger partial charge is 0.198 e. The lowest BCUT2D eigenvalue weighted by atomic mass is 10.1. The summed E-state index contributed by atoms with van der Waals surface area (Å²) in [6, 6.07) is 3.63. The van der Waals surface area contributed by atoms with Gasteiger partial charge in [0.2, 0.25) is 0 Å². The van der Waals surface area contributed by atoms with Gasteiger partial charge in [0.25, 0.3) is 0 Å². The molecule has 0 atom stereocenters. The Labute approximate surface area is 116 Å². The Kier molecular flexibility index (Phi) is 3.73. The van der Waals surface area contributed by atoms with Crippen LogP contribution in [0.1, 0.15) is 0 Å². The molecule has 6 heteroatoms. The van der Waals surface area contributed by atoms with E-state index in [-0.39, 0.29) is 0 Å². The van der Waals surface area contributed by atoms with Crippen LogP contribution in [0.2, 0.25) is 0 Å². The number of rotatable bonds is 1. The van der Waals surface area contributed by atoms with E-state index in [9.17, 15) is 0 Å². The topological polar surface area (TPSA) is 25.8 Å². The van der Waals surface area contributed by atoms with Gasteiger partial charge in [0.05, 0.1) is 5.69 Å². The second-order valence-electron chi connectivity index (χ2n) is 3.03. The summed E-state index contributed by atoms with van der Waals surface area (Å²) in [5, 5.41) is 0. The summed E-state index contributed by atoms with van der Waals surface area (Å²) in [6.07, 6.45) is 4.16. The fourth-order valence-corrected chi connectivity index (χ4v) is 2.37. The van der Waals surface area contributed by atoms with Gasteiger partial charge in [-0.15, -0.1) is 50.5 Å². The zero-order valence-electron chi connectivity index (χ0n) is 7.92. The molecule has 0 saturated carbocycles. The molecule has 0 aliphatic carbocycles. The summed E-state index contributed by atoms with van der Waals surface area (Å²) in [5.41, 5.74) is 1.58. The Hall–Kier alpha value is -0.300. The molecular formula is C10H7N2S4. The van der Waals surface area contributed by atoms with Crippen LogP contribution in [-0.4, -0.2) is 9.97 Å². The normalized spacial score (nSPS) is 10.5. The number of benzene rings is 1. The number of thiol groups is 4. The fraction of sp³-hybridized carbons (Fsp3) is 0. The maximum Gasteiger partial charge on any atom is 0.198 e. The lowest BCUT2D eigenvalue weighted by Crippen LogP contribution is -1.89. The van der Waals surface area contributed by atoms with Crippen LogP contribution in [0, 0.1) is 6.33 Å². The van der Waals surface area contributed by atoms with Crippen LogP contribution >= 0.6 is 50.5 Å². The molecule has 0 aliphatic rings. The van der Waals surface area contributed by atoms with Crippen LogP contribution in [0.25, 0.3) is 11.3 Å². The third-order valence-corrected chi connectivity index (χ3v) is 4.30. The van der Waals surface area contributed by atoms with E-state index in [0.29, 0.717) is 9.79 Å². The molecule has 0 spiro atoms. The average molecular weight is 283 g/mol. The van der Waals surface area contributed by atoms with Crippen molar-refractivity contribution in [2.24, 2.45) is 0 Å². The first kappa shape index (κ1) is 12.2. The van der Waals surface area contributed by atoms with Crippen molar-refractivity contribution in [2.75, 3.05) is 0 Å². The van der Waals surface area contributed by atoms with E-state index < -0.39 is 0 Å². The highest BCUT2D eigenvalue weighted by Gasteiger charge is 2.11. The van der Waals surface area contributed by atoms with E-state index in [1.165, 1.54) is 0 Å². The Balaban J connectivity index is 2.68. The van der Waals surface area contributed by atoms with E-state index in [1.807, 2.05) is 6.07 Å². The molecule has 1 radical (unpaired) electrons. The minimum atomic E-state index is 0.688. The molecule has 1 aromatic heterocycles. The van der Waals surface area contributed by atoms with Crippen LogP contribution in [-0.2, 0) is 0 Å². The molecule has 1 heterocycles. The molecule has 0 aliphatic heterocycles. The summed E-state index contributed by atoms with van der Waals surface area (Å²) in [7, 11) is 0. The second-order valence-corrected chi connectivity index (χ2v) is 4.85. The molecule has 1 aromatic carbocycles. The van der Waals surface area contributed by atoms with Gasteiger partial charge >= 0.3 is 0 Å². The van der Waals surface area contributed by atoms with E-state index in [4.69, 9.17) is 0 Å². The van der Waals surface area contributed by atoms with E-state index in [1.54, 1.807) is 12.3 Å². The molecule has 2 rings (SSSR count). The standard InChI is InChI=1S/C10H7N2S4/c13-7-3-5(6-1-2-11-4-12-6)8(14)10(16)9(7)15/h1-3,13-16H. The first-order chi connectivity index (χ1) is 7.61. The van der Waals surface area contributed by atoms with Crippen molar-refractivity contribution in [3.8, 4) is 11.3 Å². The van der Waals surface area contributed by atoms with Crippen LogP contribution in [0.15, 0.2) is 37.9 Å². The van der Waals surface area contributed by atoms with Crippen LogP contribution < -0.4 is 0 Å². The van der Waals surface area contributed by atoms with Gasteiger partial charge in [0.1, 0.15) is 0 Å². The Morgan fingerprint density at radius 2 is 1.75 bits per heavy atom. The summed E-state index contributed by atoms with van der Waals surface area (Å²) in [6.45, 7) is 0. The molecule has 2 aromatic rings. The first-order valence-electron chi connectivity index (χ1n) is 4.27. The minimum Gasteiger partial charge on any atom is -0.234 e. The third kappa shape index (κ3) is 2.20. The molecule has 0 N–H and O–H groups in total. The summed E-state index contributed by atoms with van der Waals surface area (Å²) in [4.78, 5) is 10.6. The highest BCUT2D eigenvalue weighted by Crippen LogP contribution is 2.37. The minimum absolute atomic E-state index is 0.688. The second kappa shape index (κ2) is 4.91. The van der Waals surface area contributed by atoms with Crippen LogP contribution in [0.5, 0.6) is 0 Å². The number of nitrogens with zero attached hydrogens (tertiary/aromatic N) is 2. The largest absolute Gasteiger partial charge is 0.234 e. The average Bonchev–Trinajstić information content (AvgIpc) is 2.32. The van der Waals surface area contributed by atoms with Gasteiger partial charge in [-0.1, -0.05) is 0 Å². The van der Waals surface area contributed by atoms with Gasteiger partial charge in [0, 0.05) is 31.3 Å². The number of hydrogen-bond donors (Lipinski definition) is 4. The van der Waals surface area contributed by atoms with Crippen molar-refractivity contribution in [3.05, 3.63) is 24.7 Å². The maximum absolute atomic E-state index is 4.41. The van der Waals surface area contributed by atoms with Gasteiger partial charge in [-0.3, -0.25) is 0 Å². The van der Waals surface area contributed by atoms with Gasteiger partial charge < -0.3 is 0 Å². The van der Waals surface area contributed by atoms with Crippen molar-refractivity contribution in [1.82, 2.24) is 9.97 Å². The van der Waals surface area contributed by atoms with Gasteiger partial charge in [-0.05, 0) is 12.1 Å². The summed E-state index contributed by atoms with van der Waals surface area (Å²) < 4.78 is 0. The van der Waals surface area contributed by atoms with Crippen molar-refractivity contribution in [3.63, 3.8) is 0 Å². The Morgan fingerprint density at radius 3 is 2.38 bits per heavy atom. The number of hydrogen-bond acceptors (Lipinski definition) is 6. The Morgan fingerprint density at radius 1 is 1.00 bits per heavy atom. The summed E-state index contributed by atoms with van der Waals surface area (Å²) >= 11 is 17.4. The quantitative estimate of drug-likeness (QED) is 0.605. The van der Waals surface area contributed by atoms with Gasteiger partial charge in [-0.25, -0.2) is 9.97 Å². The first-order valence-corrected chi connectivity index (χ1v) is 6.06. The van der Waals surface area contributed by atoms with E-state index in [2.05, 4.69) is 66.8 Å². The monoisotopic (exact) mass is 283 g/mol. The molecule has 81 valence electrons. The molecule has 0 fully saturated rings. The summed E-state index contributed by atoms with van der Waals surface area (Å²) in [5.74, 6) is 0. The zero-order chi connectivity index (χ0) is 11.7. The molecule has 0 unspecified atom stereocenters.